The number of primary amides is 1. The number of para-hydroxylation sites is 2. The van der Waals surface area contributed by atoms with Crippen molar-refractivity contribution >= 4 is 23.0 Å². The standard InChI is InChI=1S/C13H11N3O3/c14-13(17)9-5-7-10(8-6-9)15-11-3-1-2-4-12(11)16(18)19/h1-8,15H,(H2,14,17). The van der Waals surface area contributed by atoms with Gasteiger partial charge in [-0.1, -0.05) is 12.1 Å². The van der Waals surface area contributed by atoms with Crippen molar-refractivity contribution < 1.29 is 9.72 Å². The van der Waals surface area contributed by atoms with E-state index in [4.69, 9.17) is 5.73 Å². The van der Waals surface area contributed by atoms with E-state index < -0.39 is 10.8 Å². The van der Waals surface area contributed by atoms with Crippen molar-refractivity contribution in [2.45, 2.75) is 0 Å². The van der Waals surface area contributed by atoms with Crippen LogP contribution in [0, 0.1) is 10.1 Å². The molecule has 0 bridgehead atoms. The second kappa shape index (κ2) is 5.18. The fraction of sp³-hybridized carbons (Fsp3) is 0. The van der Waals surface area contributed by atoms with Crippen LogP contribution in [0.5, 0.6) is 0 Å². The molecule has 6 heteroatoms. The van der Waals surface area contributed by atoms with Gasteiger partial charge in [-0.15, -0.1) is 0 Å². The molecule has 0 radical (unpaired) electrons. The number of carbonyl (C=O) groups is 1. The topological polar surface area (TPSA) is 98.3 Å². The van der Waals surface area contributed by atoms with E-state index in [0.717, 1.165) is 0 Å². The van der Waals surface area contributed by atoms with Crippen molar-refractivity contribution in [3.05, 3.63) is 64.2 Å². The molecular formula is C13H11N3O3. The zero-order valence-corrected chi connectivity index (χ0v) is 9.87. The maximum Gasteiger partial charge on any atom is 0.292 e. The van der Waals surface area contributed by atoms with E-state index in [1.165, 1.54) is 6.07 Å². The number of amides is 1. The summed E-state index contributed by atoms with van der Waals surface area (Å²) in [6.45, 7) is 0. The molecule has 0 unspecified atom stereocenters. The third-order valence-corrected chi connectivity index (χ3v) is 2.55. The largest absolute Gasteiger partial charge is 0.366 e. The van der Waals surface area contributed by atoms with Gasteiger partial charge < -0.3 is 11.1 Å². The van der Waals surface area contributed by atoms with Crippen molar-refractivity contribution in [2.75, 3.05) is 5.32 Å². The molecule has 0 aliphatic carbocycles. The van der Waals surface area contributed by atoms with E-state index in [2.05, 4.69) is 5.32 Å². The molecule has 19 heavy (non-hydrogen) atoms. The maximum atomic E-state index is 10.9. The van der Waals surface area contributed by atoms with Crippen LogP contribution in [0.4, 0.5) is 17.1 Å². The first-order valence-electron chi connectivity index (χ1n) is 5.48. The number of nitrogens with two attached hydrogens (primary N) is 1. The van der Waals surface area contributed by atoms with Gasteiger partial charge in [0.25, 0.3) is 5.69 Å². The highest BCUT2D eigenvalue weighted by Gasteiger charge is 2.12. The highest BCUT2D eigenvalue weighted by atomic mass is 16.6. The second-order valence-electron chi connectivity index (χ2n) is 3.84. The molecule has 0 aromatic heterocycles. The van der Waals surface area contributed by atoms with Gasteiger partial charge in [0.2, 0.25) is 5.91 Å². The summed E-state index contributed by atoms with van der Waals surface area (Å²) in [5.41, 5.74) is 6.53. The zero-order chi connectivity index (χ0) is 13.8. The number of nitrogens with zero attached hydrogens (tertiary/aromatic N) is 1. The molecule has 96 valence electrons. The molecule has 2 rings (SSSR count). The summed E-state index contributed by atoms with van der Waals surface area (Å²) in [6, 6.07) is 12.7. The lowest BCUT2D eigenvalue weighted by Gasteiger charge is -2.07. The van der Waals surface area contributed by atoms with Gasteiger partial charge in [0.1, 0.15) is 5.69 Å². The van der Waals surface area contributed by atoms with Crippen molar-refractivity contribution in [1.29, 1.82) is 0 Å². The van der Waals surface area contributed by atoms with Crippen molar-refractivity contribution in [1.82, 2.24) is 0 Å². The minimum atomic E-state index is -0.516. The number of nitro groups is 1. The van der Waals surface area contributed by atoms with Crippen LogP contribution >= 0.6 is 0 Å². The summed E-state index contributed by atoms with van der Waals surface area (Å²) in [5.74, 6) is -0.516. The summed E-state index contributed by atoms with van der Waals surface area (Å²) in [5, 5.41) is 13.8. The first kappa shape index (κ1) is 12.6. The molecule has 0 saturated carbocycles. The molecule has 2 aromatic carbocycles. The number of nitrogens with one attached hydrogen (secondary N) is 1. The number of rotatable bonds is 4. The fourth-order valence-corrected chi connectivity index (χ4v) is 1.61. The number of hydrogen-bond donors (Lipinski definition) is 2. The van der Waals surface area contributed by atoms with Crippen LogP contribution in [0.1, 0.15) is 10.4 Å². The lowest BCUT2D eigenvalue weighted by Crippen LogP contribution is -2.10. The van der Waals surface area contributed by atoms with E-state index in [1.807, 2.05) is 0 Å². The molecule has 1 amide bonds. The van der Waals surface area contributed by atoms with Crippen molar-refractivity contribution in [3.8, 4) is 0 Å². The summed E-state index contributed by atoms with van der Waals surface area (Å²) >= 11 is 0. The van der Waals surface area contributed by atoms with Crippen LogP contribution in [0.25, 0.3) is 0 Å². The Morgan fingerprint density at radius 3 is 2.32 bits per heavy atom. The monoisotopic (exact) mass is 257 g/mol. The first-order valence-corrected chi connectivity index (χ1v) is 5.48. The molecule has 0 heterocycles. The van der Waals surface area contributed by atoms with Crippen molar-refractivity contribution in [3.63, 3.8) is 0 Å². The van der Waals surface area contributed by atoms with Crippen LogP contribution in [0.3, 0.4) is 0 Å². The molecule has 0 aliphatic rings. The van der Waals surface area contributed by atoms with Gasteiger partial charge in [0.05, 0.1) is 4.92 Å². The number of hydrogen-bond acceptors (Lipinski definition) is 4. The molecule has 6 nitrogen and oxygen atoms in total. The lowest BCUT2D eigenvalue weighted by atomic mass is 10.2. The number of benzene rings is 2. The van der Waals surface area contributed by atoms with Gasteiger partial charge >= 0.3 is 0 Å². The molecule has 3 N–H and O–H groups in total. The second-order valence-corrected chi connectivity index (χ2v) is 3.84. The average Bonchev–Trinajstić information content (AvgIpc) is 2.39. The molecule has 2 aromatic rings. The Kier molecular flexibility index (Phi) is 3.42. The fourth-order valence-electron chi connectivity index (χ4n) is 1.61. The molecule has 0 spiro atoms. The van der Waals surface area contributed by atoms with Gasteiger partial charge in [-0.25, -0.2) is 0 Å². The Labute approximate surface area is 109 Å². The molecule has 0 atom stereocenters. The van der Waals surface area contributed by atoms with E-state index in [-0.39, 0.29) is 5.69 Å². The summed E-state index contributed by atoms with van der Waals surface area (Å²) in [7, 11) is 0. The molecule has 0 fully saturated rings. The van der Waals surface area contributed by atoms with Crippen molar-refractivity contribution in [2.24, 2.45) is 5.73 Å². The Morgan fingerprint density at radius 2 is 1.74 bits per heavy atom. The molecular weight excluding hydrogens is 246 g/mol. The average molecular weight is 257 g/mol. The molecule has 0 aliphatic heterocycles. The van der Waals surface area contributed by atoms with Crippen LogP contribution in [-0.4, -0.2) is 10.8 Å². The zero-order valence-electron chi connectivity index (χ0n) is 9.87. The summed E-state index contributed by atoms with van der Waals surface area (Å²) in [4.78, 5) is 21.3. The maximum absolute atomic E-state index is 10.9. The number of carbonyl (C=O) groups excluding carboxylic acids is 1. The lowest BCUT2D eigenvalue weighted by molar-refractivity contribution is -0.383. The number of anilines is 2. The van der Waals surface area contributed by atoms with Crippen LogP contribution in [0.15, 0.2) is 48.5 Å². The van der Waals surface area contributed by atoms with Gasteiger partial charge in [-0.05, 0) is 30.3 Å². The Morgan fingerprint density at radius 1 is 1.11 bits per heavy atom. The predicted octanol–water partition coefficient (Wildman–Crippen LogP) is 2.44. The minimum Gasteiger partial charge on any atom is -0.366 e. The van der Waals surface area contributed by atoms with E-state index in [9.17, 15) is 14.9 Å². The smallest absolute Gasteiger partial charge is 0.292 e. The highest BCUT2D eigenvalue weighted by molar-refractivity contribution is 5.93. The highest BCUT2D eigenvalue weighted by Crippen LogP contribution is 2.26. The van der Waals surface area contributed by atoms with Gasteiger partial charge in [0, 0.05) is 17.3 Å². The first-order chi connectivity index (χ1) is 9.08. The third kappa shape index (κ3) is 2.86. The van der Waals surface area contributed by atoms with E-state index in [0.29, 0.717) is 16.9 Å². The Hall–Kier alpha value is -2.89. The SMILES string of the molecule is NC(=O)c1ccc(Nc2ccccc2[N+](=O)[O-])cc1. The number of nitro benzene ring substituents is 1. The predicted molar refractivity (Wildman–Crippen MR) is 71.3 cm³/mol. The minimum absolute atomic E-state index is 0.0125. The van der Waals surface area contributed by atoms with Crippen LogP contribution in [-0.2, 0) is 0 Å². The van der Waals surface area contributed by atoms with Crippen LogP contribution in [0.2, 0.25) is 0 Å². The van der Waals surface area contributed by atoms with Crippen LogP contribution < -0.4 is 11.1 Å². The summed E-state index contributed by atoms with van der Waals surface area (Å²) in [6.07, 6.45) is 0. The van der Waals surface area contributed by atoms with Gasteiger partial charge in [-0.2, -0.15) is 0 Å². The Bertz CT molecular complexity index is 623. The normalized spacial score (nSPS) is 9.89. The van der Waals surface area contributed by atoms with Gasteiger partial charge in [-0.3, -0.25) is 14.9 Å². The summed E-state index contributed by atoms with van der Waals surface area (Å²) < 4.78 is 0. The molecule has 0 saturated heterocycles. The van der Waals surface area contributed by atoms with Gasteiger partial charge in [0.15, 0.2) is 0 Å². The third-order valence-electron chi connectivity index (χ3n) is 2.55. The van der Waals surface area contributed by atoms with E-state index in [1.54, 1.807) is 42.5 Å². The van der Waals surface area contributed by atoms with E-state index >= 15 is 0 Å². The Balaban J connectivity index is 2.26. The quantitative estimate of drug-likeness (QED) is 0.649.